The SMILES string of the molecule is CC(C)(C)c1ccc(OCC(=O)N[C@H]2CCCc3ccccc32)cc1. The van der Waals surface area contributed by atoms with Crippen LogP contribution < -0.4 is 10.1 Å². The molecule has 0 saturated heterocycles. The van der Waals surface area contributed by atoms with Crippen molar-refractivity contribution in [3.8, 4) is 5.75 Å². The van der Waals surface area contributed by atoms with Crippen molar-refractivity contribution in [3.05, 3.63) is 65.2 Å². The molecule has 1 atom stereocenters. The fourth-order valence-corrected chi connectivity index (χ4v) is 3.34. The fraction of sp³-hybridized carbons (Fsp3) is 0.409. The van der Waals surface area contributed by atoms with E-state index < -0.39 is 0 Å². The first-order valence-corrected chi connectivity index (χ1v) is 9.04. The molecule has 0 radical (unpaired) electrons. The van der Waals surface area contributed by atoms with Crippen molar-refractivity contribution >= 4 is 5.91 Å². The lowest BCUT2D eigenvalue weighted by Gasteiger charge is -2.26. The van der Waals surface area contributed by atoms with Crippen LogP contribution in [0.15, 0.2) is 48.5 Å². The van der Waals surface area contributed by atoms with E-state index in [-0.39, 0.29) is 24.0 Å². The van der Waals surface area contributed by atoms with Crippen molar-refractivity contribution in [1.82, 2.24) is 5.32 Å². The van der Waals surface area contributed by atoms with Gasteiger partial charge in [0.15, 0.2) is 6.61 Å². The van der Waals surface area contributed by atoms with E-state index in [2.05, 4.69) is 56.4 Å². The topological polar surface area (TPSA) is 38.3 Å². The van der Waals surface area contributed by atoms with E-state index in [0.29, 0.717) is 0 Å². The third kappa shape index (κ3) is 4.41. The lowest BCUT2D eigenvalue weighted by atomic mass is 9.87. The summed E-state index contributed by atoms with van der Waals surface area (Å²) in [7, 11) is 0. The maximum Gasteiger partial charge on any atom is 0.258 e. The first-order valence-electron chi connectivity index (χ1n) is 9.04. The van der Waals surface area contributed by atoms with Crippen molar-refractivity contribution < 1.29 is 9.53 Å². The maximum absolute atomic E-state index is 12.3. The molecule has 0 spiro atoms. The summed E-state index contributed by atoms with van der Waals surface area (Å²) in [5, 5.41) is 3.12. The number of rotatable bonds is 4. The van der Waals surface area contributed by atoms with Crippen LogP contribution in [0.4, 0.5) is 0 Å². The van der Waals surface area contributed by atoms with Gasteiger partial charge in [-0.3, -0.25) is 4.79 Å². The zero-order valence-corrected chi connectivity index (χ0v) is 15.3. The first kappa shape index (κ1) is 17.5. The number of amides is 1. The molecule has 0 fully saturated rings. The Morgan fingerprint density at radius 1 is 1.12 bits per heavy atom. The van der Waals surface area contributed by atoms with Crippen LogP contribution in [0.5, 0.6) is 5.75 Å². The van der Waals surface area contributed by atoms with Crippen LogP contribution in [0, 0.1) is 0 Å². The number of hydrogen-bond donors (Lipinski definition) is 1. The van der Waals surface area contributed by atoms with Crippen LogP contribution in [-0.2, 0) is 16.6 Å². The molecular formula is C22H27NO2. The average Bonchev–Trinajstić information content (AvgIpc) is 2.60. The second-order valence-corrected chi connectivity index (χ2v) is 7.77. The molecule has 25 heavy (non-hydrogen) atoms. The van der Waals surface area contributed by atoms with Crippen LogP contribution in [-0.4, -0.2) is 12.5 Å². The molecule has 2 aromatic rings. The van der Waals surface area contributed by atoms with Gasteiger partial charge in [0.25, 0.3) is 5.91 Å². The smallest absolute Gasteiger partial charge is 0.258 e. The minimum absolute atomic E-state index is 0.0491. The summed E-state index contributed by atoms with van der Waals surface area (Å²) < 4.78 is 5.65. The highest BCUT2D eigenvalue weighted by Gasteiger charge is 2.21. The van der Waals surface area contributed by atoms with Crippen LogP contribution in [0.25, 0.3) is 0 Å². The van der Waals surface area contributed by atoms with Gasteiger partial charge in [-0.25, -0.2) is 0 Å². The Hall–Kier alpha value is -2.29. The van der Waals surface area contributed by atoms with Gasteiger partial charge < -0.3 is 10.1 Å². The van der Waals surface area contributed by atoms with Crippen molar-refractivity contribution in [3.63, 3.8) is 0 Å². The number of aryl methyl sites for hydroxylation is 1. The van der Waals surface area contributed by atoms with Crippen molar-refractivity contribution in [2.24, 2.45) is 0 Å². The molecule has 0 aliphatic heterocycles. The van der Waals surface area contributed by atoms with Gasteiger partial charge >= 0.3 is 0 Å². The fourth-order valence-electron chi connectivity index (χ4n) is 3.34. The molecule has 0 aromatic heterocycles. The number of fused-ring (bicyclic) bond motifs is 1. The normalized spacial score (nSPS) is 16.8. The Labute approximate surface area is 150 Å². The van der Waals surface area contributed by atoms with Crippen LogP contribution in [0.2, 0.25) is 0 Å². The molecule has 132 valence electrons. The van der Waals surface area contributed by atoms with E-state index in [9.17, 15) is 4.79 Å². The molecule has 3 rings (SSSR count). The molecular weight excluding hydrogens is 310 g/mol. The minimum Gasteiger partial charge on any atom is -0.484 e. The Morgan fingerprint density at radius 3 is 2.56 bits per heavy atom. The number of hydrogen-bond acceptors (Lipinski definition) is 2. The average molecular weight is 337 g/mol. The van der Waals surface area contributed by atoms with Gasteiger partial charge in [-0.15, -0.1) is 0 Å². The summed E-state index contributed by atoms with van der Waals surface area (Å²) in [4.78, 5) is 12.3. The van der Waals surface area contributed by atoms with Crippen LogP contribution in [0.3, 0.4) is 0 Å². The van der Waals surface area contributed by atoms with Gasteiger partial charge in [-0.2, -0.15) is 0 Å². The number of carbonyl (C=O) groups excluding carboxylic acids is 1. The van der Waals surface area contributed by atoms with Gasteiger partial charge in [0, 0.05) is 0 Å². The second-order valence-electron chi connectivity index (χ2n) is 7.77. The van der Waals surface area contributed by atoms with Crippen molar-refractivity contribution in [2.45, 2.75) is 51.5 Å². The van der Waals surface area contributed by atoms with Gasteiger partial charge in [-0.1, -0.05) is 57.2 Å². The van der Waals surface area contributed by atoms with Crippen molar-refractivity contribution in [1.29, 1.82) is 0 Å². The van der Waals surface area contributed by atoms with Crippen LogP contribution >= 0.6 is 0 Å². The second kappa shape index (κ2) is 7.30. The van der Waals surface area contributed by atoms with Gasteiger partial charge in [-0.05, 0) is 53.5 Å². The Morgan fingerprint density at radius 2 is 1.84 bits per heavy atom. The van der Waals surface area contributed by atoms with E-state index in [1.165, 1.54) is 16.7 Å². The predicted molar refractivity (Wildman–Crippen MR) is 101 cm³/mol. The summed E-state index contributed by atoms with van der Waals surface area (Å²) in [6.45, 7) is 6.59. The quantitative estimate of drug-likeness (QED) is 0.888. The molecule has 0 heterocycles. The molecule has 1 aliphatic carbocycles. The van der Waals surface area contributed by atoms with Gasteiger partial charge in [0.05, 0.1) is 6.04 Å². The lowest BCUT2D eigenvalue weighted by Crippen LogP contribution is -2.34. The van der Waals surface area contributed by atoms with E-state index in [1.807, 2.05) is 18.2 Å². The summed E-state index contributed by atoms with van der Waals surface area (Å²) in [5.41, 5.74) is 3.96. The third-order valence-electron chi connectivity index (χ3n) is 4.79. The Balaban J connectivity index is 1.55. The summed E-state index contributed by atoms with van der Waals surface area (Å²) in [6.07, 6.45) is 3.19. The molecule has 2 aromatic carbocycles. The summed E-state index contributed by atoms with van der Waals surface area (Å²) in [5.74, 6) is 0.661. The standard InChI is InChI=1S/C22H27NO2/c1-22(2,3)17-11-13-18(14-12-17)25-15-21(24)23-20-10-6-8-16-7-4-5-9-19(16)20/h4-5,7,9,11-14,20H,6,8,10,15H2,1-3H3,(H,23,24)/t20-/m0/s1. The zero-order valence-electron chi connectivity index (χ0n) is 15.3. The number of benzene rings is 2. The van der Waals surface area contributed by atoms with E-state index >= 15 is 0 Å². The van der Waals surface area contributed by atoms with Gasteiger partial charge in [0.1, 0.15) is 5.75 Å². The third-order valence-corrected chi connectivity index (χ3v) is 4.79. The maximum atomic E-state index is 12.3. The zero-order chi connectivity index (χ0) is 17.9. The predicted octanol–water partition coefficient (Wildman–Crippen LogP) is 4.56. The summed E-state index contributed by atoms with van der Waals surface area (Å²) in [6, 6.07) is 16.5. The molecule has 0 bridgehead atoms. The van der Waals surface area contributed by atoms with Crippen molar-refractivity contribution in [2.75, 3.05) is 6.61 Å². The Bertz CT molecular complexity index is 728. The van der Waals surface area contributed by atoms with Gasteiger partial charge in [0.2, 0.25) is 0 Å². The molecule has 1 aliphatic rings. The van der Waals surface area contributed by atoms with Crippen LogP contribution in [0.1, 0.15) is 56.3 Å². The molecule has 3 heteroatoms. The lowest BCUT2D eigenvalue weighted by molar-refractivity contribution is -0.123. The highest BCUT2D eigenvalue weighted by atomic mass is 16.5. The highest BCUT2D eigenvalue weighted by Crippen LogP contribution is 2.29. The monoisotopic (exact) mass is 337 g/mol. The number of carbonyl (C=O) groups is 1. The molecule has 1 amide bonds. The number of ether oxygens (including phenoxy) is 1. The van der Waals surface area contributed by atoms with E-state index in [1.54, 1.807) is 0 Å². The Kier molecular flexibility index (Phi) is 5.12. The van der Waals surface area contributed by atoms with E-state index in [4.69, 9.17) is 4.74 Å². The largest absolute Gasteiger partial charge is 0.484 e. The molecule has 0 unspecified atom stereocenters. The number of nitrogens with one attached hydrogen (secondary N) is 1. The molecule has 0 saturated carbocycles. The minimum atomic E-state index is -0.0680. The highest BCUT2D eigenvalue weighted by molar-refractivity contribution is 5.78. The summed E-state index contributed by atoms with van der Waals surface area (Å²) >= 11 is 0. The van der Waals surface area contributed by atoms with E-state index in [0.717, 1.165) is 25.0 Å². The molecule has 3 nitrogen and oxygen atoms in total. The molecule has 1 N–H and O–H groups in total. The first-order chi connectivity index (χ1) is 11.9.